The van der Waals surface area contributed by atoms with Crippen LogP contribution in [0.25, 0.3) is 0 Å². The van der Waals surface area contributed by atoms with Crippen molar-refractivity contribution in [2.75, 3.05) is 26.4 Å². The van der Waals surface area contributed by atoms with Gasteiger partial charge in [0.05, 0.1) is 0 Å². The molecule has 1 aromatic rings. The second-order valence-corrected chi connectivity index (χ2v) is 5.83. The predicted molar refractivity (Wildman–Crippen MR) is 82.5 cm³/mol. The van der Waals surface area contributed by atoms with Crippen molar-refractivity contribution in [3.05, 3.63) is 29.8 Å². The van der Waals surface area contributed by atoms with Crippen LogP contribution in [0, 0.1) is 0 Å². The molecule has 0 aliphatic heterocycles. The Morgan fingerprint density at radius 2 is 1.95 bits per heavy atom. The number of rotatable bonds is 8. The van der Waals surface area contributed by atoms with Crippen molar-refractivity contribution in [2.24, 2.45) is 0 Å². The Labute approximate surface area is 120 Å². The number of hydrogen-bond donors (Lipinski definition) is 1. The van der Waals surface area contributed by atoms with Crippen LogP contribution >= 0.6 is 11.8 Å². The Morgan fingerprint density at radius 3 is 2.53 bits per heavy atom. The van der Waals surface area contributed by atoms with E-state index < -0.39 is 0 Å². The number of nitrogens with one attached hydrogen (secondary N) is 1. The van der Waals surface area contributed by atoms with E-state index in [0.29, 0.717) is 6.42 Å². The van der Waals surface area contributed by atoms with Gasteiger partial charge in [0, 0.05) is 32.0 Å². The van der Waals surface area contributed by atoms with Crippen LogP contribution in [-0.4, -0.2) is 37.2 Å². The predicted octanol–water partition coefficient (Wildman–Crippen LogP) is 2.76. The van der Waals surface area contributed by atoms with Gasteiger partial charge in [-0.15, -0.1) is 11.8 Å². The number of amides is 1. The van der Waals surface area contributed by atoms with Gasteiger partial charge in [-0.05, 0) is 36.4 Å². The summed E-state index contributed by atoms with van der Waals surface area (Å²) in [4.78, 5) is 14.3. The van der Waals surface area contributed by atoms with Gasteiger partial charge < -0.3 is 10.2 Å². The van der Waals surface area contributed by atoms with Crippen LogP contribution in [0.3, 0.4) is 0 Å². The number of hydrogen-bond acceptors (Lipinski definition) is 3. The Balaban J connectivity index is 2.24. The first-order valence-electron chi connectivity index (χ1n) is 6.76. The topological polar surface area (TPSA) is 32.3 Å². The van der Waals surface area contributed by atoms with Crippen molar-refractivity contribution in [1.82, 2.24) is 10.2 Å². The van der Waals surface area contributed by atoms with E-state index in [1.165, 1.54) is 10.5 Å². The number of nitrogens with zero attached hydrogens (tertiary/aromatic N) is 1. The second-order valence-electron chi connectivity index (χ2n) is 4.66. The lowest BCUT2D eigenvalue weighted by atomic mass is 10.2. The molecule has 1 aromatic carbocycles. The Hall–Kier alpha value is -1.00. The summed E-state index contributed by atoms with van der Waals surface area (Å²) in [6, 6.07) is 8.64. The maximum Gasteiger partial charge on any atom is 0.222 e. The fourth-order valence-corrected chi connectivity index (χ4v) is 2.46. The van der Waals surface area contributed by atoms with Crippen molar-refractivity contribution >= 4 is 17.7 Å². The molecule has 0 aliphatic carbocycles. The molecule has 0 spiro atoms. The standard InChI is InChI=1S/C15H24N2OS/c1-4-16-12-13-7-9-14(10-8-13)19-11-5-6-15(18)17(2)3/h7-10,16H,4-6,11-12H2,1-3H3. The molecule has 0 aromatic heterocycles. The minimum absolute atomic E-state index is 0.210. The van der Waals surface area contributed by atoms with E-state index in [1.807, 2.05) is 11.8 Å². The quantitative estimate of drug-likeness (QED) is 0.587. The molecule has 0 atom stereocenters. The van der Waals surface area contributed by atoms with Crippen molar-refractivity contribution < 1.29 is 4.79 Å². The van der Waals surface area contributed by atoms with E-state index in [1.54, 1.807) is 19.0 Å². The third kappa shape index (κ3) is 6.64. The smallest absolute Gasteiger partial charge is 0.222 e. The zero-order chi connectivity index (χ0) is 14.1. The van der Waals surface area contributed by atoms with Gasteiger partial charge in [0.1, 0.15) is 0 Å². The molecule has 0 saturated heterocycles. The van der Waals surface area contributed by atoms with Crippen molar-refractivity contribution in [2.45, 2.75) is 31.2 Å². The largest absolute Gasteiger partial charge is 0.349 e. The number of carbonyl (C=O) groups is 1. The van der Waals surface area contributed by atoms with E-state index in [9.17, 15) is 4.79 Å². The van der Waals surface area contributed by atoms with Crippen LogP contribution in [0.1, 0.15) is 25.3 Å². The summed E-state index contributed by atoms with van der Waals surface area (Å²) in [7, 11) is 3.61. The Morgan fingerprint density at radius 1 is 1.26 bits per heavy atom. The highest BCUT2D eigenvalue weighted by Gasteiger charge is 2.03. The van der Waals surface area contributed by atoms with E-state index in [-0.39, 0.29) is 5.91 Å². The monoisotopic (exact) mass is 280 g/mol. The second kappa shape index (κ2) is 8.99. The molecule has 0 aliphatic rings. The van der Waals surface area contributed by atoms with Crippen LogP contribution in [0.5, 0.6) is 0 Å². The molecule has 1 N–H and O–H groups in total. The lowest BCUT2D eigenvalue weighted by Crippen LogP contribution is -2.21. The molecule has 0 fully saturated rings. The molecule has 1 amide bonds. The maximum atomic E-state index is 11.4. The number of thioether (sulfide) groups is 1. The van der Waals surface area contributed by atoms with Gasteiger partial charge in [0.15, 0.2) is 0 Å². The number of carbonyl (C=O) groups excluding carboxylic acids is 1. The van der Waals surface area contributed by atoms with Crippen LogP contribution < -0.4 is 5.32 Å². The average molecular weight is 280 g/mol. The molecular formula is C15H24N2OS. The Kier molecular flexibility index (Phi) is 7.60. The zero-order valence-electron chi connectivity index (χ0n) is 12.1. The third-order valence-corrected chi connectivity index (χ3v) is 3.90. The first kappa shape index (κ1) is 16.1. The van der Waals surface area contributed by atoms with E-state index in [4.69, 9.17) is 0 Å². The first-order valence-corrected chi connectivity index (χ1v) is 7.74. The third-order valence-electron chi connectivity index (χ3n) is 2.80. The van der Waals surface area contributed by atoms with Gasteiger partial charge in [-0.25, -0.2) is 0 Å². The summed E-state index contributed by atoms with van der Waals surface area (Å²) in [5, 5.41) is 3.31. The summed E-state index contributed by atoms with van der Waals surface area (Å²) in [6.45, 7) is 4.04. The highest BCUT2D eigenvalue weighted by Crippen LogP contribution is 2.19. The molecule has 0 heterocycles. The van der Waals surface area contributed by atoms with Crippen LogP contribution in [-0.2, 0) is 11.3 Å². The van der Waals surface area contributed by atoms with Gasteiger partial charge in [-0.3, -0.25) is 4.79 Å². The first-order chi connectivity index (χ1) is 9.13. The van der Waals surface area contributed by atoms with Crippen molar-refractivity contribution in [1.29, 1.82) is 0 Å². The van der Waals surface area contributed by atoms with Crippen LogP contribution in [0.4, 0.5) is 0 Å². The fraction of sp³-hybridized carbons (Fsp3) is 0.533. The molecule has 19 heavy (non-hydrogen) atoms. The summed E-state index contributed by atoms with van der Waals surface area (Å²) < 4.78 is 0. The highest BCUT2D eigenvalue weighted by molar-refractivity contribution is 7.99. The van der Waals surface area contributed by atoms with Crippen molar-refractivity contribution in [3.63, 3.8) is 0 Å². The van der Waals surface area contributed by atoms with Gasteiger partial charge >= 0.3 is 0 Å². The van der Waals surface area contributed by atoms with Crippen molar-refractivity contribution in [3.8, 4) is 0 Å². The van der Waals surface area contributed by atoms with E-state index in [0.717, 1.165) is 25.3 Å². The summed E-state index contributed by atoms with van der Waals surface area (Å²) in [5.41, 5.74) is 1.31. The van der Waals surface area contributed by atoms with Crippen LogP contribution in [0.15, 0.2) is 29.2 Å². The minimum atomic E-state index is 0.210. The zero-order valence-corrected chi connectivity index (χ0v) is 12.9. The molecule has 106 valence electrons. The normalized spacial score (nSPS) is 10.5. The lowest BCUT2D eigenvalue weighted by Gasteiger charge is -2.09. The molecule has 0 bridgehead atoms. The molecule has 1 rings (SSSR count). The summed E-state index contributed by atoms with van der Waals surface area (Å²) >= 11 is 1.82. The molecule has 0 saturated carbocycles. The van der Waals surface area contributed by atoms with Gasteiger partial charge in [-0.2, -0.15) is 0 Å². The average Bonchev–Trinajstić information content (AvgIpc) is 2.42. The summed E-state index contributed by atoms with van der Waals surface area (Å²) in [5.74, 6) is 1.20. The molecule has 3 nitrogen and oxygen atoms in total. The molecule has 4 heteroatoms. The van der Waals surface area contributed by atoms with Gasteiger partial charge in [0.25, 0.3) is 0 Å². The lowest BCUT2D eigenvalue weighted by molar-refractivity contribution is -0.128. The molecule has 0 radical (unpaired) electrons. The van der Waals surface area contributed by atoms with E-state index in [2.05, 4.69) is 36.5 Å². The SMILES string of the molecule is CCNCc1ccc(SCCCC(=O)N(C)C)cc1. The van der Waals surface area contributed by atoms with E-state index >= 15 is 0 Å². The van der Waals surface area contributed by atoms with Crippen LogP contribution in [0.2, 0.25) is 0 Å². The number of benzene rings is 1. The molecule has 0 unspecified atom stereocenters. The summed E-state index contributed by atoms with van der Waals surface area (Å²) in [6.07, 6.45) is 1.57. The fourth-order valence-electron chi connectivity index (χ4n) is 1.61. The van der Waals surface area contributed by atoms with Gasteiger partial charge in [-0.1, -0.05) is 19.1 Å². The molecular weight excluding hydrogens is 256 g/mol. The van der Waals surface area contributed by atoms with Gasteiger partial charge in [0.2, 0.25) is 5.91 Å². The maximum absolute atomic E-state index is 11.4. The Bertz CT molecular complexity index is 376. The minimum Gasteiger partial charge on any atom is -0.349 e. The highest BCUT2D eigenvalue weighted by atomic mass is 32.2.